The zero-order valence-electron chi connectivity index (χ0n) is 30.9. The van der Waals surface area contributed by atoms with Gasteiger partial charge in [0.15, 0.2) is 5.65 Å². The van der Waals surface area contributed by atoms with Crippen LogP contribution in [-0.2, 0) is 16.8 Å². The predicted molar refractivity (Wildman–Crippen MR) is 203 cm³/mol. The summed E-state index contributed by atoms with van der Waals surface area (Å²) in [6.45, 7) is 11.4. The molecule has 3 heterocycles. The predicted octanol–water partition coefficient (Wildman–Crippen LogP) is 7.00. The highest BCUT2D eigenvalue weighted by Gasteiger charge is 2.29. The smallest absolute Gasteiger partial charge is 0.232 e. The molecule has 2 aliphatic rings. The molecule has 0 radical (unpaired) electrons. The summed E-state index contributed by atoms with van der Waals surface area (Å²) in [6, 6.07) is 19.3. The maximum Gasteiger partial charge on any atom is 0.232 e. The van der Waals surface area contributed by atoms with E-state index in [1.165, 1.54) is 30.4 Å². The van der Waals surface area contributed by atoms with Crippen LogP contribution in [0.25, 0.3) is 5.65 Å². The largest absolute Gasteiger partial charge is 0.484 e. The molecule has 2 aromatic heterocycles. The van der Waals surface area contributed by atoms with Crippen molar-refractivity contribution >= 4 is 23.2 Å². The van der Waals surface area contributed by atoms with E-state index in [0.717, 1.165) is 66.4 Å². The van der Waals surface area contributed by atoms with Crippen molar-refractivity contribution in [3.63, 3.8) is 0 Å². The number of rotatable bonds is 14. The summed E-state index contributed by atoms with van der Waals surface area (Å²) in [5, 5.41) is 31.1. The number of piperidine rings is 1. The normalized spacial score (nSPS) is 19.4. The third-order valence-electron chi connectivity index (χ3n) is 10.6. The van der Waals surface area contributed by atoms with Crippen molar-refractivity contribution < 1.29 is 19.7 Å². The molecule has 6 rings (SSSR count). The average Bonchev–Trinajstić information content (AvgIpc) is 3.52. The molecule has 1 amide bonds. The molecule has 1 saturated heterocycles. The molecule has 0 bridgehead atoms. The van der Waals surface area contributed by atoms with E-state index < -0.39 is 0 Å². The van der Waals surface area contributed by atoms with E-state index in [4.69, 9.17) is 4.74 Å². The van der Waals surface area contributed by atoms with Gasteiger partial charge >= 0.3 is 0 Å². The number of nitrogens with one attached hydrogen (secondary N) is 1. The number of carbonyl (C=O) groups is 1. The van der Waals surface area contributed by atoms with Gasteiger partial charge < -0.3 is 25.2 Å². The van der Waals surface area contributed by atoms with Crippen molar-refractivity contribution in [3.05, 3.63) is 83.0 Å². The van der Waals surface area contributed by atoms with Crippen LogP contribution in [0.1, 0.15) is 113 Å². The molecule has 3 N–H and O–H groups in total. The number of hydrogen-bond donors (Lipinski definition) is 3. The van der Waals surface area contributed by atoms with Gasteiger partial charge in [-0.25, -0.2) is 0 Å². The molecule has 4 aromatic rings. The number of amides is 1. The molecule has 3 atom stereocenters. The fourth-order valence-corrected chi connectivity index (χ4v) is 7.78. The van der Waals surface area contributed by atoms with Gasteiger partial charge in [-0.3, -0.25) is 14.1 Å². The third kappa shape index (κ3) is 9.09. The van der Waals surface area contributed by atoms with Crippen molar-refractivity contribution in [2.24, 2.45) is 0 Å². The summed E-state index contributed by atoms with van der Waals surface area (Å²) in [7, 11) is 0. The van der Waals surface area contributed by atoms with Gasteiger partial charge in [-0.05, 0) is 110 Å². The fraction of sp³-hybridized carbons (Fsp3) is 0.537. The molecule has 1 aliphatic carbocycles. The van der Waals surface area contributed by atoms with Crippen molar-refractivity contribution in [2.45, 2.75) is 109 Å². The lowest BCUT2D eigenvalue weighted by atomic mass is 9.79. The van der Waals surface area contributed by atoms with Gasteiger partial charge in [0.05, 0.1) is 19.4 Å². The van der Waals surface area contributed by atoms with Crippen LogP contribution in [0.15, 0.2) is 60.8 Å². The minimum atomic E-state index is -0.0949. The van der Waals surface area contributed by atoms with E-state index in [1.807, 2.05) is 29.3 Å². The Morgan fingerprint density at radius 1 is 0.980 bits per heavy atom. The number of pyridine rings is 1. The number of aliphatic hydroxyl groups is 2. The maximum atomic E-state index is 13.2. The van der Waals surface area contributed by atoms with Crippen LogP contribution in [0, 0.1) is 0 Å². The van der Waals surface area contributed by atoms with Crippen molar-refractivity contribution in [2.75, 3.05) is 43.1 Å². The van der Waals surface area contributed by atoms with Crippen molar-refractivity contribution in [1.82, 2.24) is 19.5 Å². The number of anilines is 2. The van der Waals surface area contributed by atoms with Gasteiger partial charge in [-0.15, -0.1) is 10.2 Å². The highest BCUT2D eigenvalue weighted by molar-refractivity contribution is 5.90. The first-order valence-electron chi connectivity index (χ1n) is 18.9. The topological polar surface area (TPSA) is 115 Å². The number of aromatic nitrogens is 3. The van der Waals surface area contributed by atoms with E-state index in [0.29, 0.717) is 38.0 Å². The van der Waals surface area contributed by atoms with Gasteiger partial charge in [-0.2, -0.15) is 0 Å². The van der Waals surface area contributed by atoms with Gasteiger partial charge in [0.2, 0.25) is 11.9 Å². The monoisotopic (exact) mass is 696 g/mol. The molecule has 0 spiro atoms. The van der Waals surface area contributed by atoms with Crippen LogP contribution >= 0.6 is 0 Å². The third-order valence-corrected chi connectivity index (χ3v) is 10.6. The SMILES string of the molecule is C[C@H]1CCCCN1c1nnc2ccc(O[C@@H]3CC[C@H](CCCC(=O)Nc4cc(CN(CCO)CCO)cc(C(C)(C)C)c4)c4ccccc43)cn12. The standard InChI is InChI=1S/C41H56N6O4/c1-29-10-7-8-19-46(29)40-44-43-38-18-16-34(28-47(38)40)51-37-17-15-31(35-12-5-6-13-36(35)37)11-9-14-39(50)42-33-25-30(24-32(26-33)41(2,3)4)27-45(20-22-48)21-23-49/h5-6,12-13,16,18,24-26,28-29,31,37,48-49H,7-11,14-15,17,19-23,27H2,1-4H3,(H,42,50)/t29-,31-,37+/m0/s1. The number of nitrogens with zero attached hydrogens (tertiary/aromatic N) is 5. The number of benzene rings is 2. The second-order valence-corrected chi connectivity index (χ2v) is 15.5. The number of ether oxygens (including phenoxy) is 1. The van der Waals surface area contributed by atoms with Crippen molar-refractivity contribution in [1.29, 1.82) is 0 Å². The maximum absolute atomic E-state index is 13.2. The van der Waals surface area contributed by atoms with Crippen LogP contribution in [0.3, 0.4) is 0 Å². The van der Waals surface area contributed by atoms with E-state index in [9.17, 15) is 15.0 Å². The molecular formula is C41H56N6O4. The summed E-state index contributed by atoms with van der Waals surface area (Å²) in [5.74, 6) is 2.10. The Morgan fingerprint density at radius 3 is 2.51 bits per heavy atom. The summed E-state index contributed by atoms with van der Waals surface area (Å²) in [4.78, 5) is 17.6. The molecule has 0 unspecified atom stereocenters. The molecule has 274 valence electrons. The van der Waals surface area contributed by atoms with Crippen LogP contribution in [-0.4, -0.2) is 74.5 Å². The highest BCUT2D eigenvalue weighted by atomic mass is 16.5. The minimum Gasteiger partial charge on any atom is -0.484 e. The summed E-state index contributed by atoms with van der Waals surface area (Å²) in [6.07, 6.45) is 9.69. The first-order chi connectivity index (χ1) is 24.6. The second kappa shape index (κ2) is 16.6. The quantitative estimate of drug-likeness (QED) is 0.129. The van der Waals surface area contributed by atoms with Gasteiger partial charge in [-0.1, -0.05) is 51.1 Å². The molecule has 1 fully saturated rings. The molecule has 1 aliphatic heterocycles. The zero-order chi connectivity index (χ0) is 36.0. The lowest BCUT2D eigenvalue weighted by Crippen LogP contribution is -2.38. The van der Waals surface area contributed by atoms with Gasteiger partial charge in [0, 0.05) is 44.3 Å². The molecular weight excluding hydrogens is 640 g/mol. The Kier molecular flexibility index (Phi) is 12.0. The number of fused-ring (bicyclic) bond motifs is 2. The Labute approximate surface area is 302 Å². The zero-order valence-corrected chi connectivity index (χ0v) is 30.9. The highest BCUT2D eigenvalue weighted by Crippen LogP contribution is 2.42. The Bertz CT molecular complexity index is 1760. The van der Waals surface area contributed by atoms with Crippen LogP contribution < -0.4 is 15.0 Å². The van der Waals surface area contributed by atoms with E-state index in [1.54, 1.807) is 0 Å². The minimum absolute atomic E-state index is 0.0163. The van der Waals surface area contributed by atoms with Crippen molar-refractivity contribution in [3.8, 4) is 5.75 Å². The summed E-state index contributed by atoms with van der Waals surface area (Å²) >= 11 is 0. The summed E-state index contributed by atoms with van der Waals surface area (Å²) < 4.78 is 8.77. The Morgan fingerprint density at radius 2 is 1.76 bits per heavy atom. The molecule has 10 nitrogen and oxygen atoms in total. The Balaban J connectivity index is 1.08. The molecule has 51 heavy (non-hydrogen) atoms. The van der Waals surface area contributed by atoms with Gasteiger partial charge in [0.1, 0.15) is 11.9 Å². The first-order valence-corrected chi connectivity index (χ1v) is 18.9. The Hall–Kier alpha value is -3.99. The number of aliphatic hydroxyl groups excluding tert-OH is 2. The molecule has 0 saturated carbocycles. The fourth-order valence-electron chi connectivity index (χ4n) is 7.78. The summed E-state index contributed by atoms with van der Waals surface area (Å²) in [5.41, 5.74) is 6.26. The number of hydrogen-bond acceptors (Lipinski definition) is 8. The first kappa shape index (κ1) is 36.8. The molecule has 2 aromatic carbocycles. The average molecular weight is 697 g/mol. The van der Waals surface area contributed by atoms with Crippen LogP contribution in [0.5, 0.6) is 5.75 Å². The number of carbonyl (C=O) groups excluding carboxylic acids is 1. The second-order valence-electron chi connectivity index (χ2n) is 15.5. The van der Waals surface area contributed by atoms with Crippen LogP contribution in [0.4, 0.5) is 11.6 Å². The molecule has 10 heteroatoms. The lowest BCUT2D eigenvalue weighted by molar-refractivity contribution is -0.116. The van der Waals surface area contributed by atoms with E-state index in [2.05, 4.69) is 88.9 Å². The van der Waals surface area contributed by atoms with Crippen LogP contribution in [0.2, 0.25) is 0 Å². The van der Waals surface area contributed by atoms with E-state index in [-0.39, 0.29) is 30.6 Å². The lowest BCUT2D eigenvalue weighted by Gasteiger charge is -2.33. The van der Waals surface area contributed by atoms with Gasteiger partial charge in [0.25, 0.3) is 0 Å². The van der Waals surface area contributed by atoms with E-state index >= 15 is 0 Å².